The summed E-state index contributed by atoms with van der Waals surface area (Å²) in [4.78, 5) is 27.1. The number of nitrogens with two attached hydrogens (primary N) is 1. The van der Waals surface area contributed by atoms with Crippen molar-refractivity contribution in [1.29, 1.82) is 0 Å². The Bertz CT molecular complexity index is 681. The van der Waals surface area contributed by atoms with Crippen LogP contribution >= 0.6 is 0 Å². The van der Waals surface area contributed by atoms with Gasteiger partial charge in [0, 0.05) is 19.6 Å². The Balaban J connectivity index is 1.67. The van der Waals surface area contributed by atoms with Crippen molar-refractivity contribution >= 4 is 11.8 Å². The maximum absolute atomic E-state index is 13.0. The highest BCUT2D eigenvalue weighted by Gasteiger charge is 2.41. The highest BCUT2D eigenvalue weighted by Crippen LogP contribution is 2.37. The molecule has 28 heavy (non-hydrogen) atoms. The van der Waals surface area contributed by atoms with Crippen LogP contribution < -0.4 is 15.8 Å². The molecule has 0 bridgehead atoms. The fourth-order valence-corrected chi connectivity index (χ4v) is 4.31. The van der Waals surface area contributed by atoms with Crippen LogP contribution in [0.5, 0.6) is 5.75 Å². The van der Waals surface area contributed by atoms with Gasteiger partial charge in [-0.1, -0.05) is 24.6 Å². The van der Waals surface area contributed by atoms with Gasteiger partial charge in [-0.15, -0.1) is 0 Å². The number of carbonyl (C=O) groups is 2. The van der Waals surface area contributed by atoms with E-state index in [1.807, 2.05) is 17.0 Å². The Morgan fingerprint density at radius 1 is 1.18 bits per heavy atom. The van der Waals surface area contributed by atoms with E-state index in [0.29, 0.717) is 39.1 Å². The van der Waals surface area contributed by atoms with Crippen LogP contribution in [0.25, 0.3) is 0 Å². The molecule has 0 unspecified atom stereocenters. The molecule has 1 aromatic rings. The van der Waals surface area contributed by atoms with Crippen LogP contribution in [0.2, 0.25) is 0 Å². The molecule has 1 spiro atoms. The van der Waals surface area contributed by atoms with Crippen LogP contribution in [0.3, 0.4) is 0 Å². The number of hydrogen-bond donors (Lipinski definition) is 2. The van der Waals surface area contributed by atoms with E-state index in [0.717, 1.165) is 37.9 Å². The highest BCUT2D eigenvalue weighted by molar-refractivity contribution is 5.84. The molecule has 1 aromatic carbocycles. The lowest BCUT2D eigenvalue weighted by Crippen LogP contribution is -2.52. The van der Waals surface area contributed by atoms with E-state index in [1.165, 1.54) is 5.56 Å². The topological polar surface area (TPSA) is 84.7 Å². The summed E-state index contributed by atoms with van der Waals surface area (Å²) in [5.41, 5.74) is 6.62. The number of aryl methyl sites for hydroxylation is 1. The molecule has 0 aromatic heterocycles. The Hall–Kier alpha value is -2.08. The van der Waals surface area contributed by atoms with Gasteiger partial charge in [0.25, 0.3) is 0 Å². The molecule has 3 N–H and O–H groups in total. The number of benzene rings is 1. The normalized spacial score (nSPS) is 21.9. The SMILES string of the molecule is C[C@@H](N)C(=O)N1CCC2(CCCCc3ccccc3OCCCNC2=O)CC1. The van der Waals surface area contributed by atoms with E-state index >= 15 is 0 Å². The summed E-state index contributed by atoms with van der Waals surface area (Å²) in [6.45, 7) is 4.16. The summed E-state index contributed by atoms with van der Waals surface area (Å²) in [5.74, 6) is 1.08. The fraction of sp³-hybridized carbons (Fsp3) is 0.636. The number of rotatable bonds is 1. The number of likely N-dealkylation sites (tertiary alicyclic amines) is 1. The second kappa shape index (κ2) is 9.41. The van der Waals surface area contributed by atoms with Crippen molar-refractivity contribution in [1.82, 2.24) is 10.2 Å². The number of carbonyl (C=O) groups excluding carboxylic acids is 2. The van der Waals surface area contributed by atoms with Gasteiger partial charge in [-0.2, -0.15) is 0 Å². The second-order valence-corrected chi connectivity index (χ2v) is 8.17. The Morgan fingerprint density at radius 3 is 2.68 bits per heavy atom. The number of piperidine rings is 1. The average Bonchev–Trinajstić information content (AvgIpc) is 2.72. The summed E-state index contributed by atoms with van der Waals surface area (Å²) in [6.07, 6.45) is 6.05. The van der Waals surface area contributed by atoms with Crippen LogP contribution in [0, 0.1) is 5.41 Å². The molecule has 2 amide bonds. The number of fused-ring (bicyclic) bond motifs is 1. The third-order valence-electron chi connectivity index (χ3n) is 6.09. The van der Waals surface area contributed by atoms with Crippen molar-refractivity contribution in [2.75, 3.05) is 26.2 Å². The van der Waals surface area contributed by atoms with Crippen molar-refractivity contribution < 1.29 is 14.3 Å². The van der Waals surface area contributed by atoms with Gasteiger partial charge in [0.15, 0.2) is 0 Å². The zero-order valence-corrected chi connectivity index (χ0v) is 16.9. The number of nitrogens with one attached hydrogen (secondary N) is 1. The predicted octanol–water partition coefficient (Wildman–Crippen LogP) is 2.25. The predicted molar refractivity (Wildman–Crippen MR) is 109 cm³/mol. The summed E-state index contributed by atoms with van der Waals surface area (Å²) in [7, 11) is 0. The molecule has 0 radical (unpaired) electrons. The van der Waals surface area contributed by atoms with Crippen LogP contribution in [-0.2, 0) is 16.0 Å². The summed E-state index contributed by atoms with van der Waals surface area (Å²) < 4.78 is 5.93. The molecule has 2 aliphatic heterocycles. The summed E-state index contributed by atoms with van der Waals surface area (Å²) in [6, 6.07) is 7.73. The lowest BCUT2D eigenvalue weighted by atomic mass is 9.73. The Kier molecular flexibility index (Phi) is 6.94. The highest BCUT2D eigenvalue weighted by atomic mass is 16.5. The average molecular weight is 388 g/mol. The third-order valence-corrected chi connectivity index (χ3v) is 6.09. The molecule has 6 heteroatoms. The quantitative estimate of drug-likeness (QED) is 0.774. The Morgan fingerprint density at radius 2 is 1.93 bits per heavy atom. The van der Waals surface area contributed by atoms with Crippen LogP contribution in [0.1, 0.15) is 51.0 Å². The van der Waals surface area contributed by atoms with Gasteiger partial charge in [-0.05, 0) is 57.1 Å². The zero-order valence-electron chi connectivity index (χ0n) is 16.9. The number of nitrogens with zero attached hydrogens (tertiary/aromatic N) is 1. The van der Waals surface area contributed by atoms with E-state index in [-0.39, 0.29) is 17.2 Å². The first-order valence-electron chi connectivity index (χ1n) is 10.6. The lowest BCUT2D eigenvalue weighted by molar-refractivity contribution is -0.141. The van der Waals surface area contributed by atoms with Gasteiger partial charge in [-0.25, -0.2) is 0 Å². The van der Waals surface area contributed by atoms with E-state index in [1.54, 1.807) is 6.92 Å². The first-order valence-corrected chi connectivity index (χ1v) is 10.6. The molecule has 2 aliphatic rings. The van der Waals surface area contributed by atoms with Crippen molar-refractivity contribution in [3.63, 3.8) is 0 Å². The van der Waals surface area contributed by atoms with Crippen molar-refractivity contribution in [3.8, 4) is 5.75 Å². The minimum atomic E-state index is -0.483. The van der Waals surface area contributed by atoms with E-state index in [9.17, 15) is 9.59 Å². The van der Waals surface area contributed by atoms with Gasteiger partial charge >= 0.3 is 0 Å². The first-order chi connectivity index (χ1) is 13.5. The summed E-state index contributed by atoms with van der Waals surface area (Å²) in [5, 5.41) is 3.13. The Labute approximate surface area is 167 Å². The van der Waals surface area contributed by atoms with Crippen LogP contribution in [0.15, 0.2) is 24.3 Å². The maximum Gasteiger partial charge on any atom is 0.239 e. The van der Waals surface area contributed by atoms with Crippen LogP contribution in [0.4, 0.5) is 0 Å². The number of ether oxygens (including phenoxy) is 1. The number of hydrogen-bond acceptors (Lipinski definition) is 4. The molecule has 0 saturated carbocycles. The van der Waals surface area contributed by atoms with Crippen molar-refractivity contribution in [3.05, 3.63) is 29.8 Å². The molecule has 1 atom stereocenters. The first kappa shape index (κ1) is 20.6. The smallest absolute Gasteiger partial charge is 0.239 e. The van der Waals surface area contributed by atoms with E-state index < -0.39 is 6.04 Å². The van der Waals surface area contributed by atoms with E-state index in [2.05, 4.69) is 17.4 Å². The largest absolute Gasteiger partial charge is 0.493 e. The monoisotopic (exact) mass is 387 g/mol. The molecule has 2 heterocycles. The second-order valence-electron chi connectivity index (χ2n) is 8.17. The lowest BCUT2D eigenvalue weighted by Gasteiger charge is -2.41. The van der Waals surface area contributed by atoms with Crippen molar-refractivity contribution in [2.24, 2.45) is 11.1 Å². The van der Waals surface area contributed by atoms with Gasteiger partial charge in [-0.3, -0.25) is 9.59 Å². The molecule has 1 fully saturated rings. The molecule has 1 saturated heterocycles. The van der Waals surface area contributed by atoms with Crippen LogP contribution in [-0.4, -0.2) is 49.0 Å². The molecule has 3 rings (SSSR count). The summed E-state index contributed by atoms with van der Waals surface area (Å²) >= 11 is 0. The fourth-order valence-electron chi connectivity index (χ4n) is 4.31. The number of amides is 2. The zero-order chi connectivity index (χ0) is 20.0. The minimum Gasteiger partial charge on any atom is -0.493 e. The van der Waals surface area contributed by atoms with Gasteiger partial charge < -0.3 is 20.7 Å². The van der Waals surface area contributed by atoms with Crippen molar-refractivity contribution in [2.45, 2.75) is 57.9 Å². The van der Waals surface area contributed by atoms with Gasteiger partial charge in [0.05, 0.1) is 18.1 Å². The number of para-hydroxylation sites is 1. The van der Waals surface area contributed by atoms with E-state index in [4.69, 9.17) is 10.5 Å². The van der Waals surface area contributed by atoms with Gasteiger partial charge in [0.2, 0.25) is 11.8 Å². The van der Waals surface area contributed by atoms with Gasteiger partial charge in [0.1, 0.15) is 5.75 Å². The molecular weight excluding hydrogens is 354 g/mol. The third kappa shape index (κ3) is 4.85. The molecular formula is C22H33N3O3. The molecule has 0 aliphatic carbocycles. The molecule has 6 nitrogen and oxygen atoms in total. The maximum atomic E-state index is 13.0. The molecule has 154 valence electrons. The standard InChI is InChI=1S/C22H33N3O3/c1-17(23)20(26)25-14-11-22(12-15-25)10-5-4-8-18-7-2-3-9-19(18)28-16-6-13-24-21(22)27/h2-3,7,9,17H,4-6,8,10-16,23H2,1H3,(H,24,27)/t17-/m1/s1. The minimum absolute atomic E-state index is 0.0198.